The number of benzene rings is 2. The molecule has 0 aliphatic heterocycles. The molecule has 0 aromatic heterocycles. The largest absolute Gasteiger partial charge is 0.328 e. The molecule has 4 heteroatoms. The van der Waals surface area contributed by atoms with Gasteiger partial charge < -0.3 is 14.3 Å². The van der Waals surface area contributed by atoms with Crippen LogP contribution in [0.1, 0.15) is 45.4 Å². The number of unbranched alkanes of at least 4 members (excludes halogenated alkanes) is 5. The molecule has 2 rings (SSSR count). The van der Waals surface area contributed by atoms with E-state index in [1.165, 1.54) is 36.8 Å². The Labute approximate surface area is 147 Å². The lowest BCUT2D eigenvalue weighted by molar-refractivity contribution is 0.248. The van der Waals surface area contributed by atoms with E-state index in [1.807, 2.05) is 12.1 Å². The fourth-order valence-electron chi connectivity index (χ4n) is 2.29. The van der Waals surface area contributed by atoms with Crippen LogP contribution < -0.4 is 0 Å². The third kappa shape index (κ3) is 10.5. The molecule has 0 heterocycles. The van der Waals surface area contributed by atoms with Crippen LogP contribution in [0.4, 0.5) is 0 Å². The molecule has 2 aromatic carbocycles. The van der Waals surface area contributed by atoms with Crippen LogP contribution in [-0.2, 0) is 4.52 Å². The highest BCUT2D eigenvalue weighted by atomic mass is 31.2. The van der Waals surface area contributed by atoms with Gasteiger partial charge in [0.2, 0.25) is 0 Å². The minimum absolute atomic E-state index is 0.477. The zero-order valence-electron chi connectivity index (χ0n) is 14.5. The molecule has 0 atom stereocenters. The van der Waals surface area contributed by atoms with Gasteiger partial charge in [0, 0.05) is 0 Å². The van der Waals surface area contributed by atoms with Crippen molar-refractivity contribution in [1.82, 2.24) is 0 Å². The fraction of sp³-hybridized carbons (Fsp3) is 0.400. The Morgan fingerprint density at radius 3 is 1.62 bits per heavy atom. The first-order chi connectivity index (χ1) is 11.7. The molecule has 0 saturated heterocycles. The van der Waals surface area contributed by atoms with E-state index in [9.17, 15) is 0 Å². The van der Waals surface area contributed by atoms with Gasteiger partial charge in [-0.2, -0.15) is 0 Å². The summed E-state index contributed by atoms with van der Waals surface area (Å²) in [6.07, 6.45) is 7.13. The Bertz CT molecular complexity index is 465. The first-order valence-electron chi connectivity index (χ1n) is 8.65. The second kappa shape index (κ2) is 14.1. The summed E-state index contributed by atoms with van der Waals surface area (Å²) >= 11 is 0. The van der Waals surface area contributed by atoms with Gasteiger partial charge >= 0.3 is 8.60 Å². The van der Waals surface area contributed by atoms with Crippen LogP contribution in [0.25, 0.3) is 11.1 Å². The molecule has 2 N–H and O–H groups in total. The van der Waals surface area contributed by atoms with Crippen molar-refractivity contribution < 1.29 is 14.3 Å². The van der Waals surface area contributed by atoms with Crippen LogP contribution in [0.3, 0.4) is 0 Å². The molecule has 3 nitrogen and oxygen atoms in total. The summed E-state index contributed by atoms with van der Waals surface area (Å²) < 4.78 is 4.62. The van der Waals surface area contributed by atoms with Crippen LogP contribution in [0.2, 0.25) is 0 Å². The number of hydrogen-bond acceptors (Lipinski definition) is 3. The summed E-state index contributed by atoms with van der Waals surface area (Å²) in [6.45, 7) is 2.67. The standard InChI is InChI=1S/C12H10.C8H19O3P/c1-3-7-11(8-4-1)12-9-5-2-6-10-12;1-2-3-4-5-6-7-8-11-12(9)10/h1-10H;9-10H,2-8H2,1H3. The smallest absolute Gasteiger partial charge is 0.327 e. The van der Waals surface area contributed by atoms with Gasteiger partial charge in [0.15, 0.2) is 0 Å². The van der Waals surface area contributed by atoms with Crippen molar-refractivity contribution in [3.05, 3.63) is 60.7 Å². The Balaban J connectivity index is 0.000000240. The van der Waals surface area contributed by atoms with Crippen molar-refractivity contribution in [3.8, 4) is 11.1 Å². The monoisotopic (exact) mass is 348 g/mol. The van der Waals surface area contributed by atoms with E-state index in [0.29, 0.717) is 6.61 Å². The topological polar surface area (TPSA) is 49.7 Å². The Kier molecular flexibility index (Phi) is 12.2. The third-order valence-corrected chi connectivity index (χ3v) is 4.00. The van der Waals surface area contributed by atoms with Gasteiger partial charge in [-0.3, -0.25) is 0 Å². The van der Waals surface area contributed by atoms with Crippen molar-refractivity contribution in [2.24, 2.45) is 0 Å². The molecule has 0 radical (unpaired) electrons. The second-order valence-corrected chi connectivity index (χ2v) is 6.35. The van der Waals surface area contributed by atoms with Crippen LogP contribution in [0, 0.1) is 0 Å². The Morgan fingerprint density at radius 1 is 0.708 bits per heavy atom. The molecule has 0 spiro atoms. The SMILES string of the molecule is CCCCCCCCOP(O)O.c1ccc(-c2ccccc2)cc1. The van der Waals surface area contributed by atoms with Crippen molar-refractivity contribution in [2.45, 2.75) is 45.4 Å². The molecule has 24 heavy (non-hydrogen) atoms. The predicted molar refractivity (Wildman–Crippen MR) is 103 cm³/mol. The highest BCUT2D eigenvalue weighted by molar-refractivity contribution is 7.39. The van der Waals surface area contributed by atoms with Crippen molar-refractivity contribution in [2.75, 3.05) is 6.61 Å². The zero-order chi connectivity index (χ0) is 17.5. The lowest BCUT2D eigenvalue weighted by Crippen LogP contribution is -1.89. The molecule has 132 valence electrons. The maximum absolute atomic E-state index is 8.39. The molecular weight excluding hydrogens is 319 g/mol. The molecule has 0 fully saturated rings. The van der Waals surface area contributed by atoms with Crippen LogP contribution in [-0.4, -0.2) is 16.4 Å². The fourth-order valence-corrected chi connectivity index (χ4v) is 2.58. The van der Waals surface area contributed by atoms with Crippen molar-refractivity contribution >= 4 is 8.60 Å². The minimum atomic E-state index is -2.13. The van der Waals surface area contributed by atoms with Crippen LogP contribution in [0.15, 0.2) is 60.7 Å². The van der Waals surface area contributed by atoms with Crippen LogP contribution >= 0.6 is 8.60 Å². The molecule has 0 bridgehead atoms. The highest BCUT2D eigenvalue weighted by Crippen LogP contribution is 2.24. The zero-order valence-corrected chi connectivity index (χ0v) is 15.4. The lowest BCUT2D eigenvalue weighted by atomic mass is 10.1. The Hall–Kier alpha value is -1.25. The highest BCUT2D eigenvalue weighted by Gasteiger charge is 1.97. The van der Waals surface area contributed by atoms with Gasteiger partial charge in [0.1, 0.15) is 0 Å². The average Bonchev–Trinajstić information content (AvgIpc) is 2.63. The van der Waals surface area contributed by atoms with E-state index in [2.05, 4.69) is 60.0 Å². The van der Waals surface area contributed by atoms with Gasteiger partial charge in [-0.1, -0.05) is 99.7 Å². The maximum Gasteiger partial charge on any atom is 0.327 e. The van der Waals surface area contributed by atoms with E-state index in [0.717, 1.165) is 12.8 Å². The minimum Gasteiger partial charge on any atom is -0.328 e. The van der Waals surface area contributed by atoms with Gasteiger partial charge in [0.25, 0.3) is 0 Å². The molecule has 0 aliphatic carbocycles. The van der Waals surface area contributed by atoms with Crippen molar-refractivity contribution in [1.29, 1.82) is 0 Å². The summed E-state index contributed by atoms with van der Waals surface area (Å²) in [5, 5.41) is 0. The molecule has 0 unspecified atom stereocenters. The van der Waals surface area contributed by atoms with E-state index in [1.54, 1.807) is 0 Å². The van der Waals surface area contributed by atoms with E-state index < -0.39 is 8.60 Å². The van der Waals surface area contributed by atoms with Gasteiger partial charge in [-0.25, -0.2) is 0 Å². The van der Waals surface area contributed by atoms with Crippen LogP contribution in [0.5, 0.6) is 0 Å². The molecular formula is C20H29O3P. The summed E-state index contributed by atoms with van der Waals surface area (Å²) in [6, 6.07) is 20.8. The Morgan fingerprint density at radius 2 is 1.17 bits per heavy atom. The molecule has 0 amide bonds. The van der Waals surface area contributed by atoms with E-state index >= 15 is 0 Å². The molecule has 2 aromatic rings. The normalized spacial score (nSPS) is 10.3. The first kappa shape index (κ1) is 20.8. The first-order valence-corrected chi connectivity index (χ1v) is 9.81. The third-order valence-electron chi connectivity index (χ3n) is 3.59. The molecule has 0 saturated carbocycles. The lowest BCUT2D eigenvalue weighted by Gasteiger charge is -2.03. The number of hydrogen-bond donors (Lipinski definition) is 2. The second-order valence-electron chi connectivity index (χ2n) is 5.59. The van der Waals surface area contributed by atoms with Gasteiger partial charge in [0.05, 0.1) is 6.61 Å². The predicted octanol–water partition coefficient (Wildman–Crippen LogP) is 5.93. The van der Waals surface area contributed by atoms with Crippen molar-refractivity contribution in [3.63, 3.8) is 0 Å². The van der Waals surface area contributed by atoms with E-state index in [4.69, 9.17) is 9.79 Å². The quantitative estimate of drug-likeness (QED) is 0.436. The van der Waals surface area contributed by atoms with Gasteiger partial charge in [-0.15, -0.1) is 0 Å². The summed E-state index contributed by atoms with van der Waals surface area (Å²) in [4.78, 5) is 16.8. The number of rotatable bonds is 9. The van der Waals surface area contributed by atoms with E-state index in [-0.39, 0.29) is 0 Å². The molecule has 0 aliphatic rings. The summed E-state index contributed by atoms with van der Waals surface area (Å²) in [5.41, 5.74) is 2.55. The average molecular weight is 348 g/mol. The summed E-state index contributed by atoms with van der Waals surface area (Å²) in [5.74, 6) is 0. The maximum atomic E-state index is 8.39. The van der Waals surface area contributed by atoms with Gasteiger partial charge in [-0.05, 0) is 17.5 Å². The summed E-state index contributed by atoms with van der Waals surface area (Å²) in [7, 11) is -2.13.